The Morgan fingerprint density at radius 3 is 2.75 bits per heavy atom. The van der Waals surface area contributed by atoms with Crippen LogP contribution in [0.25, 0.3) is 0 Å². The third-order valence-corrected chi connectivity index (χ3v) is 5.27. The minimum absolute atomic E-state index is 0.0404. The van der Waals surface area contributed by atoms with Crippen LogP contribution in [0.5, 0.6) is 5.75 Å². The van der Waals surface area contributed by atoms with E-state index in [9.17, 15) is 4.79 Å². The Balaban J connectivity index is 1.74. The first-order valence-electron chi connectivity index (χ1n) is 9.12. The van der Waals surface area contributed by atoms with E-state index in [4.69, 9.17) is 14.2 Å². The second kappa shape index (κ2) is 9.52. The van der Waals surface area contributed by atoms with E-state index in [0.29, 0.717) is 24.6 Å². The van der Waals surface area contributed by atoms with Crippen molar-refractivity contribution in [1.29, 1.82) is 0 Å². The zero-order valence-corrected chi connectivity index (χ0v) is 17.1. The minimum Gasteiger partial charge on any atom is -0.485 e. The van der Waals surface area contributed by atoms with Gasteiger partial charge >= 0.3 is 5.97 Å². The normalized spacial score (nSPS) is 12.0. The van der Waals surface area contributed by atoms with Crippen LogP contribution in [0, 0.1) is 0 Å². The molecule has 3 rings (SSSR count). The maximum absolute atomic E-state index is 12.3. The van der Waals surface area contributed by atoms with Crippen molar-refractivity contribution in [3.8, 4) is 5.75 Å². The molecule has 0 saturated carbocycles. The van der Waals surface area contributed by atoms with Gasteiger partial charge < -0.3 is 18.8 Å². The van der Waals surface area contributed by atoms with Crippen molar-refractivity contribution in [2.45, 2.75) is 33.1 Å². The monoisotopic (exact) mass is 400 g/mol. The van der Waals surface area contributed by atoms with E-state index in [1.807, 2.05) is 60.3 Å². The van der Waals surface area contributed by atoms with Gasteiger partial charge in [-0.2, -0.15) is 0 Å². The highest BCUT2D eigenvalue weighted by Crippen LogP contribution is 2.25. The average molecular weight is 401 g/mol. The van der Waals surface area contributed by atoms with Crippen LogP contribution in [0.2, 0.25) is 0 Å². The number of aromatic nitrogens is 2. The first-order chi connectivity index (χ1) is 13.6. The van der Waals surface area contributed by atoms with Gasteiger partial charge in [0.15, 0.2) is 11.4 Å². The summed E-state index contributed by atoms with van der Waals surface area (Å²) in [6.07, 6.45) is 1.79. The lowest BCUT2D eigenvalue weighted by molar-refractivity contribution is 0.0583. The van der Waals surface area contributed by atoms with Crippen molar-refractivity contribution in [1.82, 2.24) is 9.55 Å². The summed E-state index contributed by atoms with van der Waals surface area (Å²) in [6.45, 7) is 5.41. The number of ether oxygens (including phenoxy) is 3. The Bertz CT molecular complexity index is 904. The van der Waals surface area contributed by atoms with Crippen LogP contribution in [0.3, 0.4) is 0 Å². The number of methoxy groups -OCH3 is 1. The second-order valence-corrected chi connectivity index (χ2v) is 7.09. The highest BCUT2D eigenvalue weighted by molar-refractivity contribution is 7.09. The molecule has 0 amide bonds. The van der Waals surface area contributed by atoms with E-state index < -0.39 is 5.97 Å². The largest absolute Gasteiger partial charge is 0.485 e. The summed E-state index contributed by atoms with van der Waals surface area (Å²) >= 11 is 1.54. The van der Waals surface area contributed by atoms with Crippen molar-refractivity contribution >= 4 is 17.3 Å². The lowest BCUT2D eigenvalue weighted by Crippen LogP contribution is -2.12. The van der Waals surface area contributed by atoms with Crippen LogP contribution in [-0.4, -0.2) is 29.2 Å². The van der Waals surface area contributed by atoms with Crippen LogP contribution >= 0.6 is 11.3 Å². The van der Waals surface area contributed by atoms with Crippen molar-refractivity contribution < 1.29 is 19.0 Å². The molecule has 1 atom stereocenters. The predicted octanol–water partition coefficient (Wildman–Crippen LogP) is 4.46. The molecule has 0 aliphatic rings. The molecule has 0 bridgehead atoms. The molecule has 0 aliphatic heterocycles. The summed E-state index contributed by atoms with van der Waals surface area (Å²) < 4.78 is 18.3. The summed E-state index contributed by atoms with van der Waals surface area (Å²) in [5.74, 6) is 0.0510. The summed E-state index contributed by atoms with van der Waals surface area (Å²) in [5, 5.41) is 2.86. The molecule has 0 saturated heterocycles. The van der Waals surface area contributed by atoms with Gasteiger partial charge in [-0.25, -0.2) is 9.78 Å². The first kappa shape index (κ1) is 20.1. The van der Waals surface area contributed by atoms with Gasteiger partial charge in [-0.15, -0.1) is 11.3 Å². The highest BCUT2D eigenvalue weighted by atomic mass is 32.1. The Morgan fingerprint density at radius 1 is 1.25 bits per heavy atom. The predicted molar refractivity (Wildman–Crippen MR) is 108 cm³/mol. The highest BCUT2D eigenvalue weighted by Gasteiger charge is 2.20. The van der Waals surface area contributed by atoms with Crippen LogP contribution in [0.15, 0.2) is 48.0 Å². The summed E-state index contributed by atoms with van der Waals surface area (Å²) in [6, 6.07) is 11.7. The third kappa shape index (κ3) is 4.79. The number of benzene rings is 1. The van der Waals surface area contributed by atoms with Crippen molar-refractivity contribution in [3.63, 3.8) is 0 Å². The summed E-state index contributed by atoms with van der Waals surface area (Å²) in [5.41, 5.74) is 2.28. The number of hydrogen-bond acceptors (Lipinski definition) is 6. The molecular weight excluding hydrogens is 376 g/mol. The maximum atomic E-state index is 12.3. The fourth-order valence-electron chi connectivity index (χ4n) is 2.84. The molecule has 0 radical (unpaired) electrons. The van der Waals surface area contributed by atoms with Crippen LogP contribution in [-0.2, 0) is 22.6 Å². The molecule has 0 spiro atoms. The van der Waals surface area contributed by atoms with E-state index in [1.165, 1.54) is 7.11 Å². The molecule has 148 valence electrons. The number of esters is 1. The lowest BCUT2D eigenvalue weighted by atomic mass is 10.2. The topological polar surface area (TPSA) is 62.6 Å². The molecule has 0 aliphatic carbocycles. The van der Waals surface area contributed by atoms with Gasteiger partial charge in [-0.1, -0.05) is 30.3 Å². The Kier molecular flexibility index (Phi) is 6.84. The molecule has 28 heavy (non-hydrogen) atoms. The first-order valence-corrected chi connectivity index (χ1v) is 10.0. The van der Waals surface area contributed by atoms with Crippen LogP contribution < -0.4 is 4.74 Å². The standard InChI is InChI=1S/C21H24N2O4S/c1-4-26-15(2)20-22-17(14-28-20)13-27-18-10-11-23(19(18)21(24)25-3)12-16-8-6-5-7-9-16/h5-11,14-15H,4,12-13H2,1-3H3/t15-/m1/s1. The number of carbonyl (C=O) groups is 1. The van der Waals surface area contributed by atoms with E-state index >= 15 is 0 Å². The minimum atomic E-state index is -0.431. The van der Waals surface area contributed by atoms with E-state index in [-0.39, 0.29) is 12.7 Å². The average Bonchev–Trinajstić information content (AvgIpc) is 3.34. The number of carbonyl (C=O) groups excluding carboxylic acids is 1. The van der Waals surface area contributed by atoms with Crippen molar-refractivity contribution in [2.75, 3.05) is 13.7 Å². The zero-order chi connectivity index (χ0) is 19.9. The van der Waals surface area contributed by atoms with Gasteiger partial charge in [0, 0.05) is 24.7 Å². The van der Waals surface area contributed by atoms with Crippen molar-refractivity contribution in [3.05, 3.63) is 69.9 Å². The van der Waals surface area contributed by atoms with Crippen molar-refractivity contribution in [2.24, 2.45) is 0 Å². The molecule has 0 fully saturated rings. The quantitative estimate of drug-likeness (QED) is 0.497. The maximum Gasteiger partial charge on any atom is 0.358 e. The fraction of sp³-hybridized carbons (Fsp3) is 0.333. The lowest BCUT2D eigenvalue weighted by Gasteiger charge is -2.10. The number of nitrogens with zero attached hydrogens (tertiary/aromatic N) is 2. The number of rotatable bonds is 9. The summed E-state index contributed by atoms with van der Waals surface area (Å²) in [7, 11) is 1.37. The molecule has 7 heteroatoms. The molecule has 3 aromatic rings. The second-order valence-electron chi connectivity index (χ2n) is 6.20. The number of thiazole rings is 1. The third-order valence-electron chi connectivity index (χ3n) is 4.21. The van der Waals surface area contributed by atoms with Gasteiger partial charge in [-0.3, -0.25) is 0 Å². The fourth-order valence-corrected chi connectivity index (χ4v) is 3.65. The molecule has 1 aromatic carbocycles. The molecule has 0 N–H and O–H groups in total. The zero-order valence-electron chi connectivity index (χ0n) is 16.3. The SMILES string of the molecule is CCO[C@H](C)c1nc(COc2ccn(Cc3ccccc3)c2C(=O)OC)cs1. The summed E-state index contributed by atoms with van der Waals surface area (Å²) in [4.78, 5) is 16.9. The van der Waals surface area contributed by atoms with Gasteiger partial charge in [-0.05, 0) is 25.5 Å². The van der Waals surface area contributed by atoms with Gasteiger partial charge in [0.25, 0.3) is 0 Å². The van der Waals surface area contributed by atoms with E-state index in [2.05, 4.69) is 4.98 Å². The molecule has 6 nitrogen and oxygen atoms in total. The van der Waals surface area contributed by atoms with E-state index in [1.54, 1.807) is 17.4 Å². The smallest absolute Gasteiger partial charge is 0.358 e. The Labute approximate surface area is 168 Å². The molecule has 2 heterocycles. The molecular formula is C21H24N2O4S. The van der Waals surface area contributed by atoms with Crippen LogP contribution in [0.4, 0.5) is 0 Å². The molecule has 2 aromatic heterocycles. The Hall–Kier alpha value is -2.64. The number of hydrogen-bond donors (Lipinski definition) is 0. The van der Waals surface area contributed by atoms with Gasteiger partial charge in [0.1, 0.15) is 17.7 Å². The van der Waals surface area contributed by atoms with Gasteiger partial charge in [0.2, 0.25) is 0 Å². The van der Waals surface area contributed by atoms with Gasteiger partial charge in [0.05, 0.1) is 12.8 Å². The van der Waals surface area contributed by atoms with Crippen LogP contribution in [0.1, 0.15) is 46.7 Å². The molecule has 0 unspecified atom stereocenters. The Morgan fingerprint density at radius 2 is 2.04 bits per heavy atom. The van der Waals surface area contributed by atoms with E-state index in [0.717, 1.165) is 16.3 Å².